The summed E-state index contributed by atoms with van der Waals surface area (Å²) in [4.78, 5) is 20.3. The summed E-state index contributed by atoms with van der Waals surface area (Å²) in [5, 5.41) is 0. The normalized spacial score (nSPS) is 20.1. The van der Waals surface area contributed by atoms with Gasteiger partial charge in [-0.05, 0) is 35.7 Å². The predicted molar refractivity (Wildman–Crippen MR) is 125 cm³/mol. The van der Waals surface area contributed by atoms with Crippen LogP contribution < -0.4 is 9.92 Å². The molecule has 1 unspecified atom stereocenters. The summed E-state index contributed by atoms with van der Waals surface area (Å²) in [6.07, 6.45) is 6.88. The Morgan fingerprint density at radius 2 is 1.91 bits per heavy atom. The molecule has 0 fully saturated rings. The van der Waals surface area contributed by atoms with E-state index in [1.165, 1.54) is 0 Å². The van der Waals surface area contributed by atoms with Crippen molar-refractivity contribution in [1.82, 2.24) is 14.9 Å². The quantitative estimate of drug-likeness (QED) is 0.576. The number of hydrogen-bond donors (Lipinski definition) is 1. The highest BCUT2D eigenvalue weighted by atomic mass is 32.2. The number of nitrogens with two attached hydrogens (primary N) is 1. The minimum absolute atomic E-state index is 0.224. The molecule has 5 rings (SSSR count). The van der Waals surface area contributed by atoms with E-state index in [1.54, 1.807) is 42.9 Å². The van der Waals surface area contributed by atoms with Crippen molar-refractivity contribution in [2.75, 3.05) is 19.3 Å². The van der Waals surface area contributed by atoms with Crippen molar-refractivity contribution in [2.45, 2.75) is 12.0 Å². The summed E-state index contributed by atoms with van der Waals surface area (Å²) in [6.45, 7) is 1.41. The molecule has 2 aliphatic heterocycles. The van der Waals surface area contributed by atoms with Crippen molar-refractivity contribution in [3.05, 3.63) is 78.2 Å². The zero-order valence-electron chi connectivity index (χ0n) is 17.9. The third kappa shape index (κ3) is 3.82. The number of rotatable bonds is 5. The Morgan fingerprint density at radius 1 is 1.09 bits per heavy atom. The first-order valence-electron chi connectivity index (χ1n) is 10.4. The standard InChI is InChI=1S/C23H22N6O3S/c1-33(30,31)32-19-8-6-17(7-9-19)23(21-27-10-3-13-29(21)22(24)28-23)18-5-2-4-16(14-18)20-15-25-11-12-26-20/h2,4-9,11-12,14-15H,3,10,13H2,1H3,(H2,24,28). The highest BCUT2D eigenvalue weighted by Gasteiger charge is 2.49. The first kappa shape index (κ1) is 21.1. The fourth-order valence-electron chi connectivity index (χ4n) is 4.25. The van der Waals surface area contributed by atoms with E-state index >= 15 is 0 Å². The molecular weight excluding hydrogens is 440 g/mol. The van der Waals surface area contributed by atoms with Crippen LogP contribution in [0.3, 0.4) is 0 Å². The molecule has 0 saturated carbocycles. The average molecular weight is 463 g/mol. The number of benzene rings is 2. The van der Waals surface area contributed by atoms with Crippen molar-refractivity contribution in [3.8, 4) is 17.0 Å². The van der Waals surface area contributed by atoms with Gasteiger partial charge in [-0.1, -0.05) is 30.3 Å². The van der Waals surface area contributed by atoms with Crippen LogP contribution in [0.2, 0.25) is 0 Å². The third-order valence-electron chi connectivity index (χ3n) is 5.60. The van der Waals surface area contributed by atoms with Crippen LogP contribution >= 0.6 is 0 Å². The van der Waals surface area contributed by atoms with Crippen LogP contribution in [0.4, 0.5) is 0 Å². The van der Waals surface area contributed by atoms with Crippen LogP contribution in [0.5, 0.6) is 5.75 Å². The van der Waals surface area contributed by atoms with E-state index < -0.39 is 15.7 Å². The number of hydrogen-bond acceptors (Lipinski definition) is 9. The van der Waals surface area contributed by atoms with Gasteiger partial charge in [-0.15, -0.1) is 0 Å². The predicted octanol–water partition coefficient (Wildman–Crippen LogP) is 2.16. The zero-order valence-corrected chi connectivity index (χ0v) is 18.7. The lowest BCUT2D eigenvalue weighted by Gasteiger charge is -2.33. The molecule has 0 spiro atoms. The molecule has 168 valence electrons. The minimum atomic E-state index is -3.63. The molecule has 0 radical (unpaired) electrons. The van der Waals surface area contributed by atoms with Gasteiger partial charge in [-0.25, -0.2) is 4.99 Å². The monoisotopic (exact) mass is 462 g/mol. The van der Waals surface area contributed by atoms with E-state index in [9.17, 15) is 8.42 Å². The fourth-order valence-corrected chi connectivity index (χ4v) is 4.71. The molecular formula is C23H22N6O3S. The number of nitrogens with zero attached hydrogens (tertiary/aromatic N) is 5. The van der Waals surface area contributed by atoms with Gasteiger partial charge >= 0.3 is 10.1 Å². The van der Waals surface area contributed by atoms with Gasteiger partial charge in [0.05, 0.1) is 18.1 Å². The van der Waals surface area contributed by atoms with Crippen molar-refractivity contribution in [1.29, 1.82) is 0 Å². The van der Waals surface area contributed by atoms with E-state index in [-0.39, 0.29) is 5.75 Å². The SMILES string of the molecule is CS(=O)(=O)Oc1ccc(C2(c3cccc(-c4cnccn4)c3)N=C(N)N3CCCN=C32)cc1. The van der Waals surface area contributed by atoms with E-state index in [2.05, 4.69) is 9.97 Å². The van der Waals surface area contributed by atoms with Gasteiger partial charge in [0.2, 0.25) is 0 Å². The van der Waals surface area contributed by atoms with Crippen molar-refractivity contribution >= 4 is 21.9 Å². The number of fused-ring (bicyclic) bond motifs is 1. The Kier molecular flexibility index (Phi) is 5.09. The van der Waals surface area contributed by atoms with E-state index in [0.29, 0.717) is 12.5 Å². The molecule has 0 bridgehead atoms. The van der Waals surface area contributed by atoms with Crippen LogP contribution in [0.15, 0.2) is 77.1 Å². The molecule has 3 heterocycles. The summed E-state index contributed by atoms with van der Waals surface area (Å²) >= 11 is 0. The van der Waals surface area contributed by atoms with E-state index in [4.69, 9.17) is 19.9 Å². The molecule has 2 N–H and O–H groups in total. The zero-order chi connectivity index (χ0) is 23.1. The maximum Gasteiger partial charge on any atom is 0.306 e. The van der Waals surface area contributed by atoms with Gasteiger partial charge in [-0.2, -0.15) is 8.42 Å². The topological polar surface area (TPSA) is 123 Å². The van der Waals surface area contributed by atoms with Crippen molar-refractivity contribution in [2.24, 2.45) is 15.7 Å². The second-order valence-electron chi connectivity index (χ2n) is 7.87. The molecule has 33 heavy (non-hydrogen) atoms. The first-order valence-corrected chi connectivity index (χ1v) is 12.2. The molecule has 1 atom stereocenters. The first-order chi connectivity index (χ1) is 15.9. The van der Waals surface area contributed by atoms with Crippen molar-refractivity contribution in [3.63, 3.8) is 0 Å². The van der Waals surface area contributed by atoms with Gasteiger partial charge in [0.25, 0.3) is 0 Å². The van der Waals surface area contributed by atoms with E-state index in [0.717, 1.165) is 47.4 Å². The second-order valence-corrected chi connectivity index (χ2v) is 9.45. The highest BCUT2D eigenvalue weighted by molar-refractivity contribution is 7.86. The summed E-state index contributed by atoms with van der Waals surface area (Å²) < 4.78 is 28.1. The Balaban J connectivity index is 1.68. The Hall–Kier alpha value is -3.79. The summed E-state index contributed by atoms with van der Waals surface area (Å²) in [5.74, 6) is 1.37. The molecule has 1 aromatic heterocycles. The van der Waals surface area contributed by atoms with Crippen LogP contribution in [-0.2, 0) is 15.7 Å². The fraction of sp³-hybridized carbons (Fsp3) is 0.217. The Bertz CT molecular complexity index is 1360. The van der Waals surface area contributed by atoms with Crippen LogP contribution in [0.1, 0.15) is 17.5 Å². The lowest BCUT2D eigenvalue weighted by atomic mass is 9.81. The number of amidine groups is 1. The molecule has 0 saturated heterocycles. The molecule has 9 nitrogen and oxygen atoms in total. The highest BCUT2D eigenvalue weighted by Crippen LogP contribution is 2.42. The van der Waals surface area contributed by atoms with Crippen molar-refractivity contribution < 1.29 is 12.6 Å². The smallest absolute Gasteiger partial charge is 0.306 e. The summed E-state index contributed by atoms with van der Waals surface area (Å²) in [5.41, 5.74) is 8.69. The van der Waals surface area contributed by atoms with Gasteiger partial charge in [0.15, 0.2) is 11.5 Å². The second kappa shape index (κ2) is 7.96. The third-order valence-corrected chi connectivity index (χ3v) is 6.09. The summed E-state index contributed by atoms with van der Waals surface area (Å²) in [6, 6.07) is 14.7. The molecule has 10 heteroatoms. The van der Waals surface area contributed by atoms with Gasteiger partial charge < -0.3 is 9.92 Å². The molecule has 3 aromatic rings. The van der Waals surface area contributed by atoms with Crippen LogP contribution in [-0.4, -0.2) is 54.4 Å². The van der Waals surface area contributed by atoms with Crippen LogP contribution in [0.25, 0.3) is 11.3 Å². The molecule has 0 aliphatic carbocycles. The largest absolute Gasteiger partial charge is 0.383 e. The maximum atomic E-state index is 11.5. The lowest BCUT2D eigenvalue weighted by Crippen LogP contribution is -2.46. The van der Waals surface area contributed by atoms with E-state index in [1.807, 2.05) is 29.2 Å². The summed E-state index contributed by atoms with van der Waals surface area (Å²) in [7, 11) is -3.63. The maximum absolute atomic E-state index is 11.5. The van der Waals surface area contributed by atoms with Gasteiger partial charge in [0, 0.05) is 31.0 Å². The number of guanidine groups is 1. The van der Waals surface area contributed by atoms with Crippen LogP contribution in [0, 0.1) is 0 Å². The van der Waals surface area contributed by atoms with Gasteiger partial charge in [-0.3, -0.25) is 19.9 Å². The molecule has 2 aliphatic rings. The molecule has 2 aromatic carbocycles. The minimum Gasteiger partial charge on any atom is -0.383 e. The van der Waals surface area contributed by atoms with Gasteiger partial charge in [0.1, 0.15) is 11.6 Å². The Morgan fingerprint density at radius 3 is 2.64 bits per heavy atom. The Labute approximate surface area is 191 Å². The lowest BCUT2D eigenvalue weighted by molar-refractivity contribution is 0.492. The number of aromatic nitrogens is 2. The molecule has 0 amide bonds. The average Bonchev–Trinajstić information content (AvgIpc) is 3.13. The number of aliphatic imine (C=N–C) groups is 2.